The van der Waals surface area contributed by atoms with E-state index >= 15 is 0 Å². The molecule has 6 heteroatoms. The predicted octanol–water partition coefficient (Wildman–Crippen LogP) is 1.88. The van der Waals surface area contributed by atoms with E-state index in [1.807, 2.05) is 24.3 Å². The minimum Gasteiger partial charge on any atom is -0.347 e. The highest BCUT2D eigenvalue weighted by atomic mass is 32.1. The fourth-order valence-corrected chi connectivity index (χ4v) is 2.59. The monoisotopic (exact) mass is 290 g/mol. The third-order valence-electron chi connectivity index (χ3n) is 3.03. The van der Waals surface area contributed by atoms with Gasteiger partial charge in [0.2, 0.25) is 0 Å². The summed E-state index contributed by atoms with van der Waals surface area (Å²) in [5.74, 6) is -0.115. The molecule has 0 saturated heterocycles. The molecule has 5 nitrogen and oxygen atoms in total. The molecule has 0 aliphatic rings. The maximum absolute atomic E-state index is 12.2. The molecule has 0 atom stereocenters. The van der Waals surface area contributed by atoms with Crippen molar-refractivity contribution in [2.24, 2.45) is 5.73 Å². The van der Waals surface area contributed by atoms with Gasteiger partial charge in [0.25, 0.3) is 5.91 Å². The fraction of sp³-hybridized carbons (Fsp3) is 0.357. The van der Waals surface area contributed by atoms with E-state index in [1.54, 1.807) is 0 Å². The van der Waals surface area contributed by atoms with Crippen LogP contribution in [0.15, 0.2) is 24.3 Å². The maximum Gasteiger partial charge on any atom is 0.265 e. The van der Waals surface area contributed by atoms with Crippen LogP contribution in [0.5, 0.6) is 0 Å². The van der Waals surface area contributed by atoms with Crippen LogP contribution in [0, 0.1) is 0 Å². The summed E-state index contributed by atoms with van der Waals surface area (Å²) in [6.07, 6.45) is 1.72. The molecule has 1 amide bonds. The summed E-state index contributed by atoms with van der Waals surface area (Å²) in [7, 11) is 0. The van der Waals surface area contributed by atoms with E-state index in [-0.39, 0.29) is 5.91 Å². The van der Waals surface area contributed by atoms with Crippen molar-refractivity contribution in [1.82, 2.24) is 14.9 Å². The average molecular weight is 290 g/mol. The van der Waals surface area contributed by atoms with Gasteiger partial charge in [0.15, 0.2) is 0 Å². The van der Waals surface area contributed by atoms with Gasteiger partial charge in [-0.15, -0.1) is 5.10 Å². The van der Waals surface area contributed by atoms with Crippen molar-refractivity contribution in [3.63, 3.8) is 0 Å². The summed E-state index contributed by atoms with van der Waals surface area (Å²) < 4.78 is 3.86. The molecule has 3 N–H and O–H groups in total. The van der Waals surface area contributed by atoms with E-state index in [4.69, 9.17) is 5.73 Å². The Morgan fingerprint density at radius 3 is 2.80 bits per heavy atom. The quantitative estimate of drug-likeness (QED) is 0.851. The highest BCUT2D eigenvalue weighted by Gasteiger charge is 2.15. The van der Waals surface area contributed by atoms with E-state index in [2.05, 4.69) is 21.8 Å². The Labute approximate surface area is 122 Å². The van der Waals surface area contributed by atoms with Crippen LogP contribution in [0.3, 0.4) is 0 Å². The molecule has 1 aromatic heterocycles. The van der Waals surface area contributed by atoms with Gasteiger partial charge in [-0.2, -0.15) is 0 Å². The molecule has 0 radical (unpaired) electrons. The number of nitrogens with zero attached hydrogens (tertiary/aromatic N) is 2. The molecule has 1 heterocycles. The standard InChI is InChI=1S/C14H18N4OS/c1-2-5-12-13(20-18-17-12)14(19)16-9-11-7-4-3-6-10(11)8-15/h3-4,6-7H,2,5,8-9,15H2,1H3,(H,16,19). The largest absolute Gasteiger partial charge is 0.347 e. The number of aromatic nitrogens is 2. The van der Waals surface area contributed by atoms with Gasteiger partial charge < -0.3 is 11.1 Å². The van der Waals surface area contributed by atoms with Crippen LogP contribution in [-0.4, -0.2) is 15.5 Å². The molecule has 106 valence electrons. The Bertz CT molecular complexity index is 582. The highest BCUT2D eigenvalue weighted by Crippen LogP contribution is 2.13. The van der Waals surface area contributed by atoms with E-state index < -0.39 is 0 Å². The molecule has 2 aromatic rings. The molecule has 0 fully saturated rings. The number of carbonyl (C=O) groups excluding carboxylic acids is 1. The van der Waals surface area contributed by atoms with Crippen LogP contribution in [0.2, 0.25) is 0 Å². The average Bonchev–Trinajstić information content (AvgIpc) is 2.94. The molecule has 1 aromatic carbocycles. The van der Waals surface area contributed by atoms with E-state index in [1.165, 1.54) is 0 Å². The minimum absolute atomic E-state index is 0.115. The molecule has 0 aliphatic heterocycles. The van der Waals surface area contributed by atoms with Crippen LogP contribution < -0.4 is 11.1 Å². The number of hydrogen-bond acceptors (Lipinski definition) is 5. The van der Waals surface area contributed by atoms with Gasteiger partial charge in [-0.1, -0.05) is 42.1 Å². The lowest BCUT2D eigenvalue weighted by Crippen LogP contribution is -2.24. The normalized spacial score (nSPS) is 10.5. The highest BCUT2D eigenvalue weighted by molar-refractivity contribution is 7.08. The smallest absolute Gasteiger partial charge is 0.265 e. The fourth-order valence-electron chi connectivity index (χ4n) is 1.97. The van der Waals surface area contributed by atoms with Crippen molar-refractivity contribution < 1.29 is 4.79 Å². The Morgan fingerprint density at radius 2 is 2.10 bits per heavy atom. The molecular formula is C14H18N4OS. The molecular weight excluding hydrogens is 272 g/mol. The number of benzene rings is 1. The van der Waals surface area contributed by atoms with Crippen molar-refractivity contribution in [3.8, 4) is 0 Å². The van der Waals surface area contributed by atoms with Crippen LogP contribution in [0.1, 0.15) is 39.8 Å². The van der Waals surface area contributed by atoms with Crippen LogP contribution in [0.4, 0.5) is 0 Å². The van der Waals surface area contributed by atoms with Crippen molar-refractivity contribution >= 4 is 17.4 Å². The SMILES string of the molecule is CCCc1nnsc1C(=O)NCc1ccccc1CN. The Hall–Kier alpha value is -1.79. The summed E-state index contributed by atoms with van der Waals surface area (Å²) in [4.78, 5) is 12.8. The Balaban J connectivity index is 2.03. The zero-order valence-corrected chi connectivity index (χ0v) is 12.2. The number of hydrogen-bond donors (Lipinski definition) is 2. The number of amides is 1. The Kier molecular flexibility index (Phi) is 5.20. The lowest BCUT2D eigenvalue weighted by molar-refractivity contribution is 0.0953. The second-order valence-corrected chi connectivity index (χ2v) is 5.21. The first kappa shape index (κ1) is 14.6. The van der Waals surface area contributed by atoms with Gasteiger partial charge in [0.05, 0.1) is 5.69 Å². The first-order valence-corrected chi connectivity index (χ1v) is 7.39. The molecule has 0 aliphatic carbocycles. The minimum atomic E-state index is -0.115. The van der Waals surface area contributed by atoms with Crippen molar-refractivity contribution in [3.05, 3.63) is 46.0 Å². The van der Waals surface area contributed by atoms with Gasteiger partial charge in [-0.25, -0.2) is 0 Å². The molecule has 2 rings (SSSR count). The second-order valence-electron chi connectivity index (χ2n) is 4.45. The summed E-state index contributed by atoms with van der Waals surface area (Å²) in [5, 5.41) is 6.91. The summed E-state index contributed by atoms with van der Waals surface area (Å²) in [5.41, 5.74) is 8.55. The van der Waals surface area contributed by atoms with Crippen molar-refractivity contribution in [2.75, 3.05) is 0 Å². The topological polar surface area (TPSA) is 80.9 Å². The van der Waals surface area contributed by atoms with Gasteiger partial charge in [-0.3, -0.25) is 4.79 Å². The van der Waals surface area contributed by atoms with Gasteiger partial charge in [0, 0.05) is 13.1 Å². The summed E-state index contributed by atoms with van der Waals surface area (Å²) >= 11 is 1.14. The molecule has 0 unspecified atom stereocenters. The lowest BCUT2D eigenvalue weighted by atomic mass is 10.1. The van der Waals surface area contributed by atoms with Gasteiger partial charge in [-0.05, 0) is 29.1 Å². The molecule has 0 bridgehead atoms. The van der Waals surface area contributed by atoms with Crippen molar-refractivity contribution in [1.29, 1.82) is 0 Å². The number of nitrogens with one attached hydrogen (secondary N) is 1. The maximum atomic E-state index is 12.2. The summed E-state index contributed by atoms with van der Waals surface area (Å²) in [6.45, 7) is 2.99. The number of nitrogens with two attached hydrogens (primary N) is 1. The molecule has 0 saturated carbocycles. The van der Waals surface area contributed by atoms with Gasteiger partial charge >= 0.3 is 0 Å². The van der Waals surface area contributed by atoms with E-state index in [0.717, 1.165) is 41.2 Å². The van der Waals surface area contributed by atoms with Crippen LogP contribution in [-0.2, 0) is 19.5 Å². The van der Waals surface area contributed by atoms with E-state index in [0.29, 0.717) is 18.0 Å². The zero-order chi connectivity index (χ0) is 14.4. The molecule has 0 spiro atoms. The lowest BCUT2D eigenvalue weighted by Gasteiger charge is -2.08. The van der Waals surface area contributed by atoms with Crippen LogP contribution >= 0.6 is 11.5 Å². The molecule has 20 heavy (non-hydrogen) atoms. The predicted molar refractivity (Wildman–Crippen MR) is 79.4 cm³/mol. The Morgan fingerprint density at radius 1 is 1.35 bits per heavy atom. The first-order chi connectivity index (χ1) is 9.76. The van der Waals surface area contributed by atoms with Gasteiger partial charge in [0.1, 0.15) is 4.88 Å². The second kappa shape index (κ2) is 7.12. The van der Waals surface area contributed by atoms with Crippen LogP contribution in [0.25, 0.3) is 0 Å². The third kappa shape index (κ3) is 3.40. The first-order valence-electron chi connectivity index (χ1n) is 6.62. The van der Waals surface area contributed by atoms with Crippen molar-refractivity contribution in [2.45, 2.75) is 32.9 Å². The number of aryl methyl sites for hydroxylation is 1. The number of rotatable bonds is 6. The summed E-state index contributed by atoms with van der Waals surface area (Å²) in [6, 6.07) is 7.83. The number of carbonyl (C=O) groups is 1. The van der Waals surface area contributed by atoms with E-state index in [9.17, 15) is 4.79 Å². The zero-order valence-electron chi connectivity index (χ0n) is 11.4. The third-order valence-corrected chi connectivity index (χ3v) is 3.79.